The number of anilines is 1. The summed E-state index contributed by atoms with van der Waals surface area (Å²) >= 11 is 5.99. The third kappa shape index (κ3) is 3.88. The van der Waals surface area contributed by atoms with Crippen LogP contribution in [0.15, 0.2) is 52.9 Å². The van der Waals surface area contributed by atoms with Crippen LogP contribution < -0.4 is 10.6 Å². The highest BCUT2D eigenvalue weighted by Gasteiger charge is 2.19. The van der Waals surface area contributed by atoms with Crippen molar-refractivity contribution in [2.24, 2.45) is 0 Å². The highest BCUT2D eigenvalue weighted by atomic mass is 35.5. The number of nitrogens with zero attached hydrogens (tertiary/aromatic N) is 1. The van der Waals surface area contributed by atoms with Crippen LogP contribution in [-0.4, -0.2) is 11.9 Å². The van der Waals surface area contributed by atoms with Crippen molar-refractivity contribution in [3.05, 3.63) is 64.9 Å². The number of benzene rings is 2. The van der Waals surface area contributed by atoms with Gasteiger partial charge in [0.2, 0.25) is 5.91 Å². The number of amides is 1. The highest BCUT2D eigenvalue weighted by Crippen LogP contribution is 2.24. The van der Waals surface area contributed by atoms with Gasteiger partial charge in [-0.05, 0) is 44.2 Å². The number of rotatable bonds is 5. The number of carbonyl (C=O) groups excluding carboxylic acids is 1. The summed E-state index contributed by atoms with van der Waals surface area (Å²) in [6.07, 6.45) is 0. The van der Waals surface area contributed by atoms with Crippen molar-refractivity contribution in [3.63, 3.8) is 0 Å². The molecule has 2 unspecified atom stereocenters. The SMILES string of the molecule is CC(NC(C)c1cc2ccccc2o1)C(=O)Nc1ccc(C#N)c(Cl)c1. The molecule has 0 spiro atoms. The summed E-state index contributed by atoms with van der Waals surface area (Å²) < 4.78 is 5.83. The van der Waals surface area contributed by atoms with Crippen molar-refractivity contribution in [2.75, 3.05) is 5.32 Å². The molecule has 3 aromatic rings. The molecule has 0 fully saturated rings. The van der Waals surface area contributed by atoms with E-state index in [1.165, 1.54) is 0 Å². The van der Waals surface area contributed by atoms with Crippen LogP contribution in [0.3, 0.4) is 0 Å². The lowest BCUT2D eigenvalue weighted by Crippen LogP contribution is -2.39. The normalized spacial score (nSPS) is 13.2. The van der Waals surface area contributed by atoms with E-state index in [1.807, 2.05) is 43.3 Å². The molecule has 0 aliphatic heterocycles. The van der Waals surface area contributed by atoms with Crippen LogP contribution in [0.25, 0.3) is 11.0 Å². The first-order chi connectivity index (χ1) is 12.5. The molecule has 1 amide bonds. The summed E-state index contributed by atoms with van der Waals surface area (Å²) in [6.45, 7) is 3.72. The molecule has 0 aliphatic carbocycles. The van der Waals surface area contributed by atoms with Crippen LogP contribution in [-0.2, 0) is 4.79 Å². The van der Waals surface area contributed by atoms with E-state index in [4.69, 9.17) is 21.3 Å². The van der Waals surface area contributed by atoms with E-state index in [2.05, 4.69) is 10.6 Å². The topological polar surface area (TPSA) is 78.1 Å². The van der Waals surface area contributed by atoms with Crippen LogP contribution >= 0.6 is 11.6 Å². The van der Waals surface area contributed by atoms with E-state index in [1.54, 1.807) is 25.1 Å². The van der Waals surface area contributed by atoms with Gasteiger partial charge in [-0.2, -0.15) is 5.26 Å². The minimum atomic E-state index is -0.451. The van der Waals surface area contributed by atoms with Gasteiger partial charge in [0.1, 0.15) is 17.4 Å². The van der Waals surface area contributed by atoms with Gasteiger partial charge < -0.3 is 9.73 Å². The van der Waals surface area contributed by atoms with Crippen LogP contribution in [0, 0.1) is 11.3 Å². The Labute approximate surface area is 156 Å². The van der Waals surface area contributed by atoms with Gasteiger partial charge in [0.15, 0.2) is 0 Å². The molecule has 3 rings (SSSR count). The number of nitrogens with one attached hydrogen (secondary N) is 2. The Morgan fingerprint density at radius 1 is 1.19 bits per heavy atom. The first-order valence-electron chi connectivity index (χ1n) is 8.23. The van der Waals surface area contributed by atoms with E-state index in [-0.39, 0.29) is 11.9 Å². The van der Waals surface area contributed by atoms with Gasteiger partial charge in [-0.3, -0.25) is 10.1 Å². The van der Waals surface area contributed by atoms with Crippen LogP contribution in [0.5, 0.6) is 0 Å². The monoisotopic (exact) mass is 367 g/mol. The molecule has 6 heteroatoms. The number of para-hydroxylation sites is 1. The van der Waals surface area contributed by atoms with E-state index >= 15 is 0 Å². The molecule has 1 aromatic heterocycles. The quantitative estimate of drug-likeness (QED) is 0.688. The molecular weight excluding hydrogens is 350 g/mol. The molecule has 2 N–H and O–H groups in total. The number of nitriles is 1. The molecule has 0 aliphatic rings. The van der Waals surface area contributed by atoms with Crippen LogP contribution in [0.4, 0.5) is 5.69 Å². The molecule has 2 aromatic carbocycles. The Bertz CT molecular complexity index is 957. The summed E-state index contributed by atoms with van der Waals surface area (Å²) in [6, 6.07) is 15.9. The first-order valence-corrected chi connectivity index (χ1v) is 8.61. The van der Waals surface area contributed by atoms with Crippen molar-refractivity contribution in [3.8, 4) is 6.07 Å². The van der Waals surface area contributed by atoms with E-state index in [9.17, 15) is 4.79 Å². The number of hydrogen-bond donors (Lipinski definition) is 2. The second-order valence-corrected chi connectivity index (χ2v) is 6.50. The summed E-state index contributed by atoms with van der Waals surface area (Å²) in [7, 11) is 0. The third-order valence-electron chi connectivity index (χ3n) is 4.12. The fourth-order valence-corrected chi connectivity index (χ4v) is 2.91. The predicted molar refractivity (Wildman–Crippen MR) is 102 cm³/mol. The Hall–Kier alpha value is -2.81. The highest BCUT2D eigenvalue weighted by molar-refractivity contribution is 6.32. The number of hydrogen-bond acceptors (Lipinski definition) is 4. The average Bonchev–Trinajstić information content (AvgIpc) is 3.06. The molecule has 1 heterocycles. The molecule has 5 nitrogen and oxygen atoms in total. The maximum atomic E-state index is 12.4. The zero-order valence-electron chi connectivity index (χ0n) is 14.4. The third-order valence-corrected chi connectivity index (χ3v) is 4.43. The average molecular weight is 368 g/mol. The van der Waals surface area contributed by atoms with Crippen LogP contribution in [0.1, 0.15) is 31.2 Å². The summed E-state index contributed by atoms with van der Waals surface area (Å²) in [5.41, 5.74) is 1.74. The second kappa shape index (κ2) is 7.61. The Balaban J connectivity index is 1.65. The molecule has 0 radical (unpaired) electrons. The van der Waals surface area contributed by atoms with Gasteiger partial charge >= 0.3 is 0 Å². The lowest BCUT2D eigenvalue weighted by atomic mass is 10.2. The molecule has 0 saturated heterocycles. The number of halogens is 1. The molecular formula is C20H18ClN3O2. The standard InChI is InChI=1S/C20H18ClN3O2/c1-12(19-9-14-5-3-4-6-18(14)26-19)23-13(2)20(25)24-16-8-7-15(11-22)17(21)10-16/h3-10,12-13,23H,1-2H3,(H,24,25). The zero-order valence-corrected chi connectivity index (χ0v) is 15.2. The fraction of sp³-hybridized carbons (Fsp3) is 0.200. The lowest BCUT2D eigenvalue weighted by molar-refractivity contribution is -0.118. The minimum absolute atomic E-state index is 0.132. The summed E-state index contributed by atoms with van der Waals surface area (Å²) in [5, 5.41) is 16.2. The molecule has 26 heavy (non-hydrogen) atoms. The summed E-state index contributed by atoms with van der Waals surface area (Å²) in [4.78, 5) is 12.4. The van der Waals surface area contributed by atoms with Gasteiger partial charge in [-0.25, -0.2) is 0 Å². The van der Waals surface area contributed by atoms with Gasteiger partial charge in [0.05, 0.1) is 22.7 Å². The molecule has 132 valence electrons. The number of carbonyl (C=O) groups is 1. The van der Waals surface area contributed by atoms with Crippen molar-refractivity contribution >= 4 is 34.2 Å². The Morgan fingerprint density at radius 3 is 2.65 bits per heavy atom. The molecule has 0 saturated carbocycles. The van der Waals surface area contributed by atoms with Gasteiger partial charge in [-0.1, -0.05) is 29.8 Å². The van der Waals surface area contributed by atoms with E-state index < -0.39 is 6.04 Å². The van der Waals surface area contributed by atoms with Crippen molar-refractivity contribution in [1.82, 2.24) is 5.32 Å². The number of furan rings is 1. The number of fused-ring (bicyclic) bond motifs is 1. The van der Waals surface area contributed by atoms with Crippen molar-refractivity contribution in [2.45, 2.75) is 25.9 Å². The second-order valence-electron chi connectivity index (χ2n) is 6.09. The maximum absolute atomic E-state index is 12.4. The summed E-state index contributed by atoms with van der Waals surface area (Å²) in [5.74, 6) is 0.570. The Morgan fingerprint density at radius 2 is 1.96 bits per heavy atom. The van der Waals surface area contributed by atoms with Gasteiger partial charge in [0.25, 0.3) is 0 Å². The van der Waals surface area contributed by atoms with Gasteiger partial charge in [-0.15, -0.1) is 0 Å². The van der Waals surface area contributed by atoms with Crippen molar-refractivity contribution < 1.29 is 9.21 Å². The predicted octanol–water partition coefficient (Wildman–Crippen LogP) is 4.64. The zero-order chi connectivity index (χ0) is 18.7. The largest absolute Gasteiger partial charge is 0.459 e. The lowest BCUT2D eigenvalue weighted by Gasteiger charge is -2.18. The van der Waals surface area contributed by atoms with E-state index in [0.29, 0.717) is 16.3 Å². The smallest absolute Gasteiger partial charge is 0.241 e. The van der Waals surface area contributed by atoms with Gasteiger partial charge in [0, 0.05) is 11.1 Å². The minimum Gasteiger partial charge on any atom is -0.459 e. The van der Waals surface area contributed by atoms with Crippen molar-refractivity contribution in [1.29, 1.82) is 5.26 Å². The fourth-order valence-electron chi connectivity index (χ4n) is 2.68. The molecule has 2 atom stereocenters. The van der Waals surface area contributed by atoms with E-state index in [0.717, 1.165) is 16.7 Å². The maximum Gasteiger partial charge on any atom is 0.241 e. The molecule has 0 bridgehead atoms. The van der Waals surface area contributed by atoms with Crippen LogP contribution in [0.2, 0.25) is 5.02 Å². The first kappa shape index (κ1) is 18.0. The Kier molecular flexibility index (Phi) is 5.27.